The van der Waals surface area contributed by atoms with E-state index in [0.29, 0.717) is 0 Å². The average molecular weight is 745 g/mol. The van der Waals surface area contributed by atoms with Gasteiger partial charge in [0.05, 0.1) is 11.0 Å². The SMILES string of the molecule is c1ccc(-c2ccc(N(c3ccc(-c4ccc5sc6ccccc6c5c4)cc3)c3ccc(-c4ccc5c6ccccc6n(-c6ccccc6)c5c4)cc3)cc2)cc1. The second-order valence-electron chi connectivity index (χ2n) is 14.6. The van der Waals surface area contributed by atoms with Crippen LogP contribution in [0.25, 0.3) is 81.0 Å². The van der Waals surface area contributed by atoms with Crippen molar-refractivity contribution in [3.8, 4) is 39.1 Å². The van der Waals surface area contributed by atoms with Gasteiger partial charge in [-0.2, -0.15) is 0 Å². The number of thiophene rings is 1. The summed E-state index contributed by atoms with van der Waals surface area (Å²) < 4.78 is 5.03. The highest BCUT2D eigenvalue weighted by Crippen LogP contribution is 2.41. The Kier molecular flexibility index (Phi) is 8.04. The Morgan fingerprint density at radius 1 is 0.298 bits per heavy atom. The van der Waals surface area contributed by atoms with Crippen LogP contribution in [-0.2, 0) is 0 Å². The lowest BCUT2D eigenvalue weighted by molar-refractivity contribution is 1.18. The molecule has 2 nitrogen and oxygen atoms in total. The first kappa shape index (κ1) is 33.2. The first-order chi connectivity index (χ1) is 28.2. The summed E-state index contributed by atoms with van der Waals surface area (Å²) in [6, 6.07) is 79.3. The van der Waals surface area contributed by atoms with E-state index in [1.807, 2.05) is 11.3 Å². The number of aromatic nitrogens is 1. The van der Waals surface area contributed by atoms with Gasteiger partial charge in [0.25, 0.3) is 0 Å². The molecule has 0 saturated carbocycles. The molecule has 0 fully saturated rings. The standard InChI is InChI=1S/C54H36N2S/c1-3-11-37(12-4-1)38-19-27-44(28-20-38)55(45-29-21-39(22-30-45)41-26-34-54-50(35-41)49-16-8-10-18-53(49)57-54)46-31-23-40(24-32-46)42-25-33-48-47-15-7-9-17-51(47)56(52(48)36-42)43-13-5-2-6-14-43/h1-36H. The van der Waals surface area contributed by atoms with Crippen LogP contribution in [0.4, 0.5) is 17.1 Å². The van der Waals surface area contributed by atoms with Crippen LogP contribution in [0.15, 0.2) is 218 Å². The van der Waals surface area contributed by atoms with Crippen LogP contribution in [0.3, 0.4) is 0 Å². The second-order valence-corrected chi connectivity index (χ2v) is 15.7. The predicted molar refractivity (Wildman–Crippen MR) is 245 cm³/mol. The molecule has 0 unspecified atom stereocenters. The van der Waals surface area contributed by atoms with E-state index in [1.165, 1.54) is 75.4 Å². The molecule has 0 bridgehead atoms. The van der Waals surface area contributed by atoms with Gasteiger partial charge in [0.15, 0.2) is 0 Å². The average Bonchev–Trinajstić information content (AvgIpc) is 3.83. The lowest BCUT2D eigenvalue weighted by Crippen LogP contribution is -2.09. The smallest absolute Gasteiger partial charge is 0.0547 e. The predicted octanol–water partition coefficient (Wildman–Crippen LogP) is 15.6. The number of benzene rings is 9. The molecule has 2 heterocycles. The second kappa shape index (κ2) is 13.8. The van der Waals surface area contributed by atoms with Gasteiger partial charge in [-0.3, -0.25) is 0 Å². The lowest BCUT2D eigenvalue weighted by atomic mass is 10.0. The molecule has 0 saturated heterocycles. The Balaban J connectivity index is 0.978. The van der Waals surface area contributed by atoms with Gasteiger partial charge < -0.3 is 9.47 Å². The van der Waals surface area contributed by atoms with E-state index in [1.54, 1.807) is 0 Å². The number of nitrogens with zero attached hydrogens (tertiary/aromatic N) is 2. The van der Waals surface area contributed by atoms with Gasteiger partial charge in [0, 0.05) is 53.7 Å². The summed E-state index contributed by atoms with van der Waals surface area (Å²) in [4.78, 5) is 2.36. The third-order valence-corrected chi connectivity index (χ3v) is 12.4. The molecule has 0 atom stereocenters. The van der Waals surface area contributed by atoms with Crippen molar-refractivity contribution in [2.45, 2.75) is 0 Å². The van der Waals surface area contributed by atoms with Crippen molar-refractivity contribution in [3.63, 3.8) is 0 Å². The van der Waals surface area contributed by atoms with Gasteiger partial charge in [0.2, 0.25) is 0 Å². The summed E-state index contributed by atoms with van der Waals surface area (Å²) in [6.07, 6.45) is 0. The molecule has 0 aliphatic rings. The zero-order chi connectivity index (χ0) is 37.7. The third kappa shape index (κ3) is 5.88. The molecule has 0 spiro atoms. The quantitative estimate of drug-likeness (QED) is 0.158. The Morgan fingerprint density at radius 2 is 0.754 bits per heavy atom. The molecule has 57 heavy (non-hydrogen) atoms. The Morgan fingerprint density at radius 3 is 1.42 bits per heavy atom. The Bertz CT molecular complexity index is 3200. The van der Waals surface area contributed by atoms with Crippen molar-refractivity contribution in [1.29, 1.82) is 0 Å². The number of hydrogen-bond acceptors (Lipinski definition) is 2. The van der Waals surface area contributed by atoms with Gasteiger partial charge in [-0.25, -0.2) is 0 Å². The minimum atomic E-state index is 1.10. The van der Waals surface area contributed by atoms with Gasteiger partial charge >= 0.3 is 0 Å². The fourth-order valence-corrected chi connectivity index (χ4v) is 9.48. The first-order valence-corrected chi connectivity index (χ1v) is 20.2. The van der Waals surface area contributed by atoms with Crippen LogP contribution in [-0.4, -0.2) is 4.57 Å². The maximum absolute atomic E-state index is 2.38. The van der Waals surface area contributed by atoms with Crippen LogP contribution < -0.4 is 4.90 Å². The summed E-state index contributed by atoms with van der Waals surface area (Å²) in [7, 11) is 0. The van der Waals surface area contributed by atoms with E-state index in [2.05, 4.69) is 228 Å². The third-order valence-electron chi connectivity index (χ3n) is 11.2. The fraction of sp³-hybridized carbons (Fsp3) is 0. The molecule has 0 aliphatic carbocycles. The molecule has 0 aliphatic heterocycles. The zero-order valence-electron chi connectivity index (χ0n) is 31.1. The molecule has 0 N–H and O–H groups in total. The normalized spacial score (nSPS) is 11.5. The number of fused-ring (bicyclic) bond motifs is 6. The maximum atomic E-state index is 2.38. The van der Waals surface area contributed by atoms with E-state index < -0.39 is 0 Å². The van der Waals surface area contributed by atoms with E-state index in [9.17, 15) is 0 Å². The van der Waals surface area contributed by atoms with Crippen LogP contribution in [0, 0.1) is 0 Å². The molecule has 0 amide bonds. The van der Waals surface area contributed by atoms with E-state index >= 15 is 0 Å². The minimum absolute atomic E-state index is 1.10. The van der Waals surface area contributed by atoms with E-state index in [4.69, 9.17) is 0 Å². The molecule has 3 heteroatoms. The number of para-hydroxylation sites is 2. The molecule has 2 aromatic heterocycles. The zero-order valence-corrected chi connectivity index (χ0v) is 31.9. The fourth-order valence-electron chi connectivity index (χ4n) is 8.40. The Hall–Kier alpha value is -7.20. The van der Waals surface area contributed by atoms with Crippen molar-refractivity contribution in [1.82, 2.24) is 4.57 Å². The number of anilines is 3. The summed E-state index contributed by atoms with van der Waals surface area (Å²) in [5.74, 6) is 0. The highest BCUT2D eigenvalue weighted by Gasteiger charge is 2.16. The molecule has 11 aromatic rings. The highest BCUT2D eigenvalue weighted by molar-refractivity contribution is 7.25. The van der Waals surface area contributed by atoms with Gasteiger partial charge in [0.1, 0.15) is 0 Å². The highest BCUT2D eigenvalue weighted by atomic mass is 32.1. The largest absolute Gasteiger partial charge is 0.311 e. The number of hydrogen-bond donors (Lipinski definition) is 0. The molecule has 0 radical (unpaired) electrons. The first-order valence-electron chi connectivity index (χ1n) is 19.4. The molecule has 268 valence electrons. The van der Waals surface area contributed by atoms with Crippen molar-refractivity contribution < 1.29 is 0 Å². The van der Waals surface area contributed by atoms with Crippen LogP contribution in [0.5, 0.6) is 0 Å². The van der Waals surface area contributed by atoms with Crippen LogP contribution in [0.1, 0.15) is 0 Å². The van der Waals surface area contributed by atoms with Crippen molar-refractivity contribution in [3.05, 3.63) is 218 Å². The monoisotopic (exact) mass is 744 g/mol. The Labute approximate surface area is 335 Å². The maximum Gasteiger partial charge on any atom is 0.0547 e. The van der Waals surface area contributed by atoms with Crippen LogP contribution in [0.2, 0.25) is 0 Å². The van der Waals surface area contributed by atoms with Crippen molar-refractivity contribution in [2.75, 3.05) is 4.90 Å². The van der Waals surface area contributed by atoms with Crippen molar-refractivity contribution in [2.24, 2.45) is 0 Å². The summed E-state index contributed by atoms with van der Waals surface area (Å²) in [5.41, 5.74) is 14.1. The minimum Gasteiger partial charge on any atom is -0.311 e. The summed E-state index contributed by atoms with van der Waals surface area (Å²) in [6.45, 7) is 0. The van der Waals surface area contributed by atoms with Gasteiger partial charge in [-0.05, 0) is 112 Å². The molecular formula is C54H36N2S. The lowest BCUT2D eigenvalue weighted by Gasteiger charge is -2.26. The van der Waals surface area contributed by atoms with E-state index in [-0.39, 0.29) is 0 Å². The van der Waals surface area contributed by atoms with E-state index in [0.717, 1.165) is 22.7 Å². The van der Waals surface area contributed by atoms with Gasteiger partial charge in [-0.15, -0.1) is 11.3 Å². The van der Waals surface area contributed by atoms with Gasteiger partial charge in [-0.1, -0.05) is 140 Å². The van der Waals surface area contributed by atoms with Crippen LogP contribution >= 0.6 is 11.3 Å². The summed E-state index contributed by atoms with van der Waals surface area (Å²) in [5, 5.41) is 5.16. The summed E-state index contributed by atoms with van der Waals surface area (Å²) >= 11 is 1.86. The van der Waals surface area contributed by atoms with Crippen molar-refractivity contribution >= 4 is 70.4 Å². The number of rotatable bonds is 7. The molecule has 9 aromatic carbocycles. The molecule has 11 rings (SSSR count). The topological polar surface area (TPSA) is 8.17 Å². The molecular weight excluding hydrogens is 709 g/mol.